The zero-order valence-electron chi connectivity index (χ0n) is 15.1. The van der Waals surface area contributed by atoms with Crippen molar-refractivity contribution in [2.24, 2.45) is 0 Å². The lowest BCUT2D eigenvalue weighted by Crippen LogP contribution is -2.30. The first-order chi connectivity index (χ1) is 13.5. The molecule has 2 N–H and O–H groups in total. The second-order valence-electron chi connectivity index (χ2n) is 6.11. The molecule has 0 spiro atoms. The molecule has 0 aromatic heterocycles. The molecule has 7 heteroatoms. The Morgan fingerprint density at radius 3 is 2.57 bits per heavy atom. The van der Waals surface area contributed by atoms with Gasteiger partial charge in [0.2, 0.25) is 0 Å². The molecule has 1 aliphatic rings. The minimum absolute atomic E-state index is 0.0918. The number of aliphatic hydroxyl groups is 1. The van der Waals surface area contributed by atoms with Gasteiger partial charge in [-0.3, -0.25) is 9.59 Å². The average molecular weight is 378 g/mol. The summed E-state index contributed by atoms with van der Waals surface area (Å²) in [7, 11) is 0. The highest BCUT2D eigenvalue weighted by Gasteiger charge is 2.46. The second-order valence-corrected chi connectivity index (χ2v) is 6.11. The molecule has 1 fully saturated rings. The highest BCUT2D eigenvalue weighted by Crippen LogP contribution is 2.41. The van der Waals surface area contributed by atoms with Gasteiger partial charge in [-0.15, -0.1) is 0 Å². The Morgan fingerprint density at radius 2 is 1.93 bits per heavy atom. The van der Waals surface area contributed by atoms with Crippen LogP contribution in [0.1, 0.15) is 24.1 Å². The lowest BCUT2D eigenvalue weighted by molar-refractivity contribution is -0.139. The lowest BCUT2D eigenvalue weighted by atomic mass is 9.95. The maximum Gasteiger partial charge on any atom is 0.296 e. The minimum Gasteiger partial charge on any atom is -0.507 e. The fourth-order valence-electron chi connectivity index (χ4n) is 3.19. The molecule has 1 saturated heterocycles. The van der Waals surface area contributed by atoms with E-state index < -0.39 is 17.7 Å². The van der Waals surface area contributed by atoms with Crippen molar-refractivity contribution >= 4 is 17.4 Å². The summed E-state index contributed by atoms with van der Waals surface area (Å²) >= 11 is 0. The van der Waals surface area contributed by atoms with Crippen molar-refractivity contribution in [1.82, 2.24) is 4.90 Å². The fraction of sp³-hybridized carbons (Fsp3) is 0.190. The van der Waals surface area contributed by atoms with E-state index in [9.17, 15) is 19.8 Å². The number of hydrogen-bond donors (Lipinski definition) is 2. The van der Waals surface area contributed by atoms with Gasteiger partial charge in [-0.05, 0) is 24.6 Å². The summed E-state index contributed by atoms with van der Waals surface area (Å²) in [5, 5.41) is 29.8. The summed E-state index contributed by atoms with van der Waals surface area (Å²) in [5.74, 6) is -1.97. The molecule has 1 aliphatic heterocycles. The molecule has 2 aromatic rings. The number of phenols is 1. The third-order valence-electron chi connectivity index (χ3n) is 4.43. The molecule has 1 amide bonds. The van der Waals surface area contributed by atoms with Crippen LogP contribution in [0.4, 0.5) is 0 Å². The zero-order chi connectivity index (χ0) is 20.3. The van der Waals surface area contributed by atoms with Gasteiger partial charge < -0.3 is 19.8 Å². The average Bonchev–Trinajstić information content (AvgIpc) is 2.95. The predicted molar refractivity (Wildman–Crippen MR) is 100 cm³/mol. The molecular formula is C21H18N2O5. The first-order valence-corrected chi connectivity index (χ1v) is 8.66. The number of carbonyl (C=O) groups is 2. The molecule has 0 aliphatic carbocycles. The van der Waals surface area contributed by atoms with E-state index in [1.165, 1.54) is 18.2 Å². The number of hydrogen-bond acceptors (Lipinski definition) is 6. The standard InChI is InChI=1S/C21H18N2O5/c1-2-28-16-12-14(8-9-15(16)24)18-17(19(25)13-6-4-3-5-7-13)20(26)21(27)23(18)11-10-22/h3-9,12,18,24-25H,2,11H2,1H3. The van der Waals surface area contributed by atoms with Gasteiger partial charge >= 0.3 is 0 Å². The first kappa shape index (κ1) is 19.0. The van der Waals surface area contributed by atoms with Crippen LogP contribution in [0.25, 0.3) is 5.76 Å². The van der Waals surface area contributed by atoms with Gasteiger partial charge in [-0.1, -0.05) is 36.4 Å². The van der Waals surface area contributed by atoms with E-state index in [2.05, 4.69) is 0 Å². The van der Waals surface area contributed by atoms with Crippen molar-refractivity contribution in [2.45, 2.75) is 13.0 Å². The van der Waals surface area contributed by atoms with Crippen molar-refractivity contribution in [2.75, 3.05) is 13.2 Å². The smallest absolute Gasteiger partial charge is 0.296 e. The van der Waals surface area contributed by atoms with Gasteiger partial charge in [0.25, 0.3) is 11.7 Å². The van der Waals surface area contributed by atoms with Crippen molar-refractivity contribution < 1.29 is 24.5 Å². The van der Waals surface area contributed by atoms with Gasteiger partial charge in [0, 0.05) is 5.56 Å². The molecule has 28 heavy (non-hydrogen) atoms. The third kappa shape index (κ3) is 3.28. The van der Waals surface area contributed by atoms with Gasteiger partial charge in [0.1, 0.15) is 12.3 Å². The Bertz CT molecular complexity index is 992. The largest absolute Gasteiger partial charge is 0.507 e. The molecule has 3 rings (SSSR count). The zero-order valence-corrected chi connectivity index (χ0v) is 15.1. The topological polar surface area (TPSA) is 111 Å². The van der Waals surface area contributed by atoms with Crippen LogP contribution in [0.15, 0.2) is 54.1 Å². The number of ketones is 1. The Labute approximate surface area is 161 Å². The number of likely N-dealkylation sites (tertiary alicyclic amines) is 1. The van der Waals surface area contributed by atoms with Crippen LogP contribution >= 0.6 is 0 Å². The van der Waals surface area contributed by atoms with Crippen molar-refractivity contribution in [3.8, 4) is 17.6 Å². The normalized spacial score (nSPS) is 18.1. The van der Waals surface area contributed by atoms with Crippen molar-refractivity contribution in [3.63, 3.8) is 0 Å². The summed E-state index contributed by atoms with van der Waals surface area (Å²) in [6, 6.07) is 13.7. The number of phenolic OH excluding ortho intramolecular Hbond substituents is 1. The van der Waals surface area contributed by atoms with Crippen LogP contribution in [0, 0.1) is 11.3 Å². The van der Waals surface area contributed by atoms with E-state index in [0.29, 0.717) is 17.7 Å². The number of carbonyl (C=O) groups excluding carboxylic acids is 2. The molecule has 1 heterocycles. The first-order valence-electron chi connectivity index (χ1n) is 8.66. The Morgan fingerprint density at radius 1 is 1.21 bits per heavy atom. The highest BCUT2D eigenvalue weighted by atomic mass is 16.5. The van der Waals surface area contributed by atoms with Crippen LogP contribution in [0.5, 0.6) is 11.5 Å². The Kier molecular flexibility index (Phi) is 5.32. The molecule has 2 aromatic carbocycles. The number of rotatable bonds is 5. The van der Waals surface area contributed by atoms with Crippen LogP contribution in [0.2, 0.25) is 0 Å². The van der Waals surface area contributed by atoms with E-state index in [0.717, 1.165) is 4.90 Å². The van der Waals surface area contributed by atoms with Crippen LogP contribution in [-0.4, -0.2) is 40.0 Å². The number of nitrogens with zero attached hydrogens (tertiary/aromatic N) is 2. The maximum atomic E-state index is 12.7. The van der Waals surface area contributed by atoms with Crippen LogP contribution in [0.3, 0.4) is 0 Å². The highest BCUT2D eigenvalue weighted by molar-refractivity contribution is 6.46. The predicted octanol–water partition coefficient (Wildman–Crippen LogP) is 2.74. The summed E-state index contributed by atoms with van der Waals surface area (Å²) in [6.45, 7) is 1.73. The van der Waals surface area contributed by atoms with E-state index in [1.54, 1.807) is 37.3 Å². The maximum absolute atomic E-state index is 12.7. The Hall–Kier alpha value is -3.79. The molecule has 0 saturated carbocycles. The minimum atomic E-state index is -0.973. The van der Waals surface area contributed by atoms with Gasteiger partial charge in [-0.25, -0.2) is 0 Å². The van der Waals surface area contributed by atoms with Gasteiger partial charge in [0.05, 0.1) is 24.3 Å². The van der Waals surface area contributed by atoms with E-state index >= 15 is 0 Å². The SMILES string of the molecule is CCOc1cc(C2C(=C(O)c3ccccc3)C(=O)C(=O)N2CC#N)ccc1O. The molecule has 0 bridgehead atoms. The number of ether oxygens (including phenoxy) is 1. The summed E-state index contributed by atoms with van der Waals surface area (Å²) < 4.78 is 5.38. The van der Waals surface area contributed by atoms with E-state index in [-0.39, 0.29) is 29.4 Å². The van der Waals surface area contributed by atoms with Crippen molar-refractivity contribution in [3.05, 3.63) is 65.2 Å². The number of aliphatic hydroxyl groups excluding tert-OH is 1. The van der Waals surface area contributed by atoms with Gasteiger partial charge in [0.15, 0.2) is 11.5 Å². The quantitative estimate of drug-likeness (QED) is 0.358. The lowest BCUT2D eigenvalue weighted by Gasteiger charge is -2.23. The number of aromatic hydroxyl groups is 1. The monoisotopic (exact) mass is 378 g/mol. The molecule has 1 unspecified atom stereocenters. The molecular weight excluding hydrogens is 360 g/mol. The second kappa shape index (κ2) is 7.84. The summed E-state index contributed by atoms with van der Waals surface area (Å²) in [4.78, 5) is 26.3. The van der Waals surface area contributed by atoms with Crippen LogP contribution < -0.4 is 4.74 Å². The molecule has 142 valence electrons. The Balaban J connectivity index is 2.21. The molecule has 7 nitrogen and oxygen atoms in total. The number of amides is 1. The number of benzene rings is 2. The number of nitriles is 1. The molecule has 1 atom stereocenters. The third-order valence-corrected chi connectivity index (χ3v) is 4.43. The van der Waals surface area contributed by atoms with E-state index in [4.69, 9.17) is 10.00 Å². The fourth-order valence-corrected chi connectivity index (χ4v) is 3.19. The van der Waals surface area contributed by atoms with Gasteiger partial charge in [-0.2, -0.15) is 5.26 Å². The molecule has 0 radical (unpaired) electrons. The summed E-state index contributed by atoms with van der Waals surface area (Å²) in [6.07, 6.45) is 0. The number of Topliss-reactive ketones (excluding diaryl/α,β-unsaturated/α-hetero) is 1. The van der Waals surface area contributed by atoms with Crippen molar-refractivity contribution in [1.29, 1.82) is 5.26 Å². The van der Waals surface area contributed by atoms with Crippen LogP contribution in [-0.2, 0) is 9.59 Å². The summed E-state index contributed by atoms with van der Waals surface area (Å²) in [5.41, 5.74) is 0.707. The van der Waals surface area contributed by atoms with E-state index in [1.807, 2.05) is 6.07 Å².